The fourth-order valence-corrected chi connectivity index (χ4v) is 2.20. The Morgan fingerprint density at radius 1 is 1.29 bits per heavy atom. The summed E-state index contributed by atoms with van der Waals surface area (Å²) >= 11 is 0. The third-order valence-electron chi connectivity index (χ3n) is 3.77. The van der Waals surface area contributed by atoms with E-state index in [-0.39, 0.29) is 18.7 Å². The Hall–Kier alpha value is -2.83. The van der Waals surface area contributed by atoms with Crippen LogP contribution in [0.15, 0.2) is 30.5 Å². The zero-order valence-corrected chi connectivity index (χ0v) is 13.7. The number of fused-ring (bicyclic) bond motifs is 1. The number of nitrogens with zero attached hydrogens (tertiary/aromatic N) is 2. The maximum absolute atomic E-state index is 12.1. The third-order valence-corrected chi connectivity index (χ3v) is 3.77. The van der Waals surface area contributed by atoms with Gasteiger partial charge in [0.2, 0.25) is 12.7 Å². The zero-order valence-electron chi connectivity index (χ0n) is 13.7. The lowest BCUT2D eigenvalue weighted by molar-refractivity contribution is 0.0934. The summed E-state index contributed by atoms with van der Waals surface area (Å²) in [7, 11) is 0. The van der Waals surface area contributed by atoms with E-state index in [1.165, 1.54) is 0 Å². The van der Waals surface area contributed by atoms with Crippen LogP contribution in [0.5, 0.6) is 11.5 Å². The molecule has 1 aliphatic rings. The third kappa shape index (κ3) is 3.73. The SMILES string of the molecule is CCC(C)NC(=O)c1ccnc(NCc2ccc3c(c2)OCO3)n1. The highest BCUT2D eigenvalue weighted by atomic mass is 16.7. The van der Waals surface area contributed by atoms with Crippen LogP contribution in [-0.2, 0) is 6.54 Å². The first-order chi connectivity index (χ1) is 11.7. The highest BCUT2D eigenvalue weighted by Gasteiger charge is 2.14. The van der Waals surface area contributed by atoms with Gasteiger partial charge in [0.1, 0.15) is 5.69 Å². The lowest BCUT2D eigenvalue weighted by atomic mass is 10.2. The molecule has 1 amide bonds. The molecule has 3 rings (SSSR count). The molecule has 1 atom stereocenters. The highest BCUT2D eigenvalue weighted by Crippen LogP contribution is 2.32. The van der Waals surface area contributed by atoms with E-state index in [1.54, 1.807) is 12.3 Å². The van der Waals surface area contributed by atoms with Crippen LogP contribution in [0.3, 0.4) is 0 Å². The van der Waals surface area contributed by atoms with Crippen molar-refractivity contribution in [3.8, 4) is 11.5 Å². The largest absolute Gasteiger partial charge is 0.454 e. The molecule has 0 spiro atoms. The summed E-state index contributed by atoms with van der Waals surface area (Å²) < 4.78 is 10.6. The molecule has 2 N–H and O–H groups in total. The predicted octanol–water partition coefficient (Wildman–Crippen LogP) is 2.35. The monoisotopic (exact) mass is 328 g/mol. The highest BCUT2D eigenvalue weighted by molar-refractivity contribution is 5.92. The number of rotatable bonds is 6. The second kappa shape index (κ2) is 7.16. The summed E-state index contributed by atoms with van der Waals surface area (Å²) in [5, 5.41) is 6.00. The van der Waals surface area contributed by atoms with E-state index in [4.69, 9.17) is 9.47 Å². The van der Waals surface area contributed by atoms with Crippen LogP contribution in [0.1, 0.15) is 36.3 Å². The van der Waals surface area contributed by atoms with Crippen molar-refractivity contribution in [2.45, 2.75) is 32.9 Å². The molecule has 0 saturated heterocycles. The molecule has 0 saturated carbocycles. The van der Waals surface area contributed by atoms with Crippen molar-refractivity contribution in [3.63, 3.8) is 0 Å². The van der Waals surface area contributed by atoms with Crippen molar-refractivity contribution in [3.05, 3.63) is 41.7 Å². The number of benzene rings is 1. The molecule has 2 heterocycles. The van der Waals surface area contributed by atoms with Gasteiger partial charge in [-0.3, -0.25) is 4.79 Å². The summed E-state index contributed by atoms with van der Waals surface area (Å²) in [5.41, 5.74) is 1.36. The first kappa shape index (κ1) is 16.0. The molecule has 1 aliphatic heterocycles. The normalized spacial score (nSPS) is 13.4. The molecule has 1 aromatic carbocycles. The molecule has 0 fully saturated rings. The van der Waals surface area contributed by atoms with Crippen LogP contribution in [0.2, 0.25) is 0 Å². The molecule has 1 aromatic heterocycles. The predicted molar refractivity (Wildman–Crippen MR) is 89.1 cm³/mol. The minimum Gasteiger partial charge on any atom is -0.454 e. The molecule has 0 aliphatic carbocycles. The first-order valence-corrected chi connectivity index (χ1v) is 7.92. The lowest BCUT2D eigenvalue weighted by Gasteiger charge is -2.11. The molecule has 7 nitrogen and oxygen atoms in total. The number of ether oxygens (including phenoxy) is 2. The number of anilines is 1. The van der Waals surface area contributed by atoms with Gasteiger partial charge in [0, 0.05) is 18.8 Å². The van der Waals surface area contributed by atoms with E-state index in [0.717, 1.165) is 23.5 Å². The molecule has 7 heteroatoms. The average Bonchev–Trinajstić information content (AvgIpc) is 3.07. The van der Waals surface area contributed by atoms with E-state index in [1.807, 2.05) is 32.0 Å². The second-order valence-corrected chi connectivity index (χ2v) is 5.59. The first-order valence-electron chi connectivity index (χ1n) is 7.92. The number of amides is 1. The number of nitrogens with one attached hydrogen (secondary N) is 2. The minimum absolute atomic E-state index is 0.109. The Balaban J connectivity index is 1.63. The summed E-state index contributed by atoms with van der Waals surface area (Å²) in [6, 6.07) is 7.44. The average molecular weight is 328 g/mol. The number of hydrogen-bond donors (Lipinski definition) is 2. The number of carbonyl (C=O) groups excluding carboxylic acids is 1. The standard InChI is InChI=1S/C17H20N4O3/c1-3-11(2)20-16(22)13-6-7-18-17(21-13)19-9-12-4-5-14-15(8-12)24-10-23-14/h4-8,11H,3,9-10H2,1-2H3,(H,20,22)(H,18,19,21). The van der Waals surface area contributed by atoms with Gasteiger partial charge in [-0.2, -0.15) is 0 Å². The minimum atomic E-state index is -0.196. The van der Waals surface area contributed by atoms with Gasteiger partial charge < -0.3 is 20.1 Å². The van der Waals surface area contributed by atoms with Gasteiger partial charge in [-0.1, -0.05) is 13.0 Å². The van der Waals surface area contributed by atoms with Gasteiger partial charge in [-0.15, -0.1) is 0 Å². The fourth-order valence-electron chi connectivity index (χ4n) is 2.20. The molecule has 126 valence electrons. The van der Waals surface area contributed by atoms with E-state index >= 15 is 0 Å². The molecule has 0 radical (unpaired) electrons. The van der Waals surface area contributed by atoms with Crippen molar-refractivity contribution in [2.75, 3.05) is 12.1 Å². The van der Waals surface area contributed by atoms with Crippen LogP contribution in [0.25, 0.3) is 0 Å². The van der Waals surface area contributed by atoms with Crippen molar-refractivity contribution >= 4 is 11.9 Å². The van der Waals surface area contributed by atoms with E-state index < -0.39 is 0 Å². The van der Waals surface area contributed by atoms with Gasteiger partial charge in [0.15, 0.2) is 11.5 Å². The van der Waals surface area contributed by atoms with E-state index in [9.17, 15) is 4.79 Å². The van der Waals surface area contributed by atoms with Gasteiger partial charge in [0.25, 0.3) is 5.91 Å². The maximum Gasteiger partial charge on any atom is 0.270 e. The quantitative estimate of drug-likeness (QED) is 0.846. The molecule has 0 bridgehead atoms. The molecule has 24 heavy (non-hydrogen) atoms. The van der Waals surface area contributed by atoms with Crippen LogP contribution in [0.4, 0.5) is 5.95 Å². The van der Waals surface area contributed by atoms with Gasteiger partial charge in [0.05, 0.1) is 0 Å². The number of hydrogen-bond acceptors (Lipinski definition) is 6. The van der Waals surface area contributed by atoms with Crippen molar-refractivity contribution < 1.29 is 14.3 Å². The van der Waals surface area contributed by atoms with Crippen LogP contribution in [0, 0.1) is 0 Å². The van der Waals surface area contributed by atoms with Crippen molar-refractivity contribution in [1.29, 1.82) is 0 Å². The number of carbonyl (C=O) groups is 1. The summed E-state index contributed by atoms with van der Waals surface area (Å²) in [5.74, 6) is 1.69. The molecule has 1 unspecified atom stereocenters. The van der Waals surface area contributed by atoms with E-state index in [2.05, 4.69) is 20.6 Å². The Morgan fingerprint density at radius 2 is 2.12 bits per heavy atom. The van der Waals surface area contributed by atoms with E-state index in [0.29, 0.717) is 18.2 Å². The smallest absolute Gasteiger partial charge is 0.270 e. The Labute approximate surface area is 140 Å². The van der Waals surface area contributed by atoms with Crippen LogP contribution < -0.4 is 20.1 Å². The second-order valence-electron chi connectivity index (χ2n) is 5.59. The Morgan fingerprint density at radius 3 is 2.96 bits per heavy atom. The summed E-state index contributed by atoms with van der Waals surface area (Å²) in [4.78, 5) is 20.5. The van der Waals surface area contributed by atoms with Gasteiger partial charge >= 0.3 is 0 Å². The zero-order chi connectivity index (χ0) is 16.9. The molecular weight excluding hydrogens is 308 g/mol. The molecular formula is C17H20N4O3. The molecule has 2 aromatic rings. The van der Waals surface area contributed by atoms with Crippen molar-refractivity contribution in [1.82, 2.24) is 15.3 Å². The van der Waals surface area contributed by atoms with Gasteiger partial charge in [-0.25, -0.2) is 9.97 Å². The Kier molecular flexibility index (Phi) is 4.79. The van der Waals surface area contributed by atoms with Crippen LogP contribution in [-0.4, -0.2) is 28.7 Å². The fraction of sp³-hybridized carbons (Fsp3) is 0.353. The summed E-state index contributed by atoms with van der Waals surface area (Å²) in [6.45, 7) is 4.75. The van der Waals surface area contributed by atoms with Crippen molar-refractivity contribution in [2.24, 2.45) is 0 Å². The topological polar surface area (TPSA) is 85.4 Å². The lowest BCUT2D eigenvalue weighted by Crippen LogP contribution is -2.32. The maximum atomic E-state index is 12.1. The summed E-state index contributed by atoms with van der Waals surface area (Å²) in [6.07, 6.45) is 2.44. The van der Waals surface area contributed by atoms with Crippen LogP contribution >= 0.6 is 0 Å². The Bertz CT molecular complexity index is 736. The number of aromatic nitrogens is 2. The van der Waals surface area contributed by atoms with Gasteiger partial charge in [-0.05, 0) is 37.1 Å².